The van der Waals surface area contributed by atoms with Gasteiger partial charge in [-0.1, -0.05) is 42.5 Å². The van der Waals surface area contributed by atoms with E-state index in [2.05, 4.69) is 18.5 Å². The third-order valence-electron chi connectivity index (χ3n) is 4.72. The first-order chi connectivity index (χ1) is 15.0. The Bertz CT molecular complexity index is 1080. The second kappa shape index (κ2) is 10.3. The van der Waals surface area contributed by atoms with Crippen molar-refractivity contribution in [3.8, 4) is 5.75 Å². The molecule has 0 radical (unpaired) electrons. The molecular weight excluding hydrogens is 392 g/mol. The Morgan fingerprint density at radius 2 is 1.77 bits per heavy atom. The number of carbonyl (C=O) groups is 2. The van der Waals surface area contributed by atoms with Crippen LogP contribution in [0.2, 0.25) is 0 Å². The van der Waals surface area contributed by atoms with Crippen LogP contribution in [0.15, 0.2) is 84.3 Å². The third-order valence-corrected chi connectivity index (χ3v) is 4.72. The van der Waals surface area contributed by atoms with Gasteiger partial charge in [0.2, 0.25) is 5.91 Å². The molecule has 160 valence electrons. The second-order valence-electron chi connectivity index (χ2n) is 7.08. The van der Waals surface area contributed by atoms with Crippen LogP contribution >= 0.6 is 0 Å². The molecular formula is C25H26N2O4. The SMILES string of the molecule is C=CCN(CC=C)C(=O)C(C)NC(=O)c1ccc(COc2ccc3ccccc3c2)o1. The maximum Gasteiger partial charge on any atom is 0.287 e. The lowest BCUT2D eigenvalue weighted by Gasteiger charge is -2.23. The number of hydrogen-bond donors (Lipinski definition) is 1. The summed E-state index contributed by atoms with van der Waals surface area (Å²) in [4.78, 5) is 26.5. The van der Waals surface area contributed by atoms with Crippen molar-refractivity contribution in [3.05, 3.63) is 91.4 Å². The van der Waals surface area contributed by atoms with E-state index in [1.54, 1.807) is 36.1 Å². The summed E-state index contributed by atoms with van der Waals surface area (Å²) in [5.74, 6) is 0.660. The Morgan fingerprint density at radius 1 is 1.06 bits per heavy atom. The molecule has 6 nitrogen and oxygen atoms in total. The fraction of sp³-hybridized carbons (Fsp3) is 0.200. The first-order valence-electron chi connectivity index (χ1n) is 10.0. The molecule has 3 aromatic rings. The Labute approximate surface area is 181 Å². The van der Waals surface area contributed by atoms with Crippen molar-refractivity contribution < 1.29 is 18.7 Å². The van der Waals surface area contributed by atoms with E-state index in [9.17, 15) is 9.59 Å². The molecule has 0 aliphatic rings. The van der Waals surface area contributed by atoms with E-state index in [1.807, 2.05) is 42.5 Å². The summed E-state index contributed by atoms with van der Waals surface area (Å²) < 4.78 is 11.4. The topological polar surface area (TPSA) is 71.8 Å². The predicted octanol–water partition coefficient (Wildman–Crippen LogP) is 4.33. The minimum atomic E-state index is -0.713. The normalized spacial score (nSPS) is 11.5. The van der Waals surface area contributed by atoms with Gasteiger partial charge < -0.3 is 19.4 Å². The summed E-state index contributed by atoms with van der Waals surface area (Å²) in [6, 6.07) is 16.4. The highest BCUT2D eigenvalue weighted by Gasteiger charge is 2.22. The third kappa shape index (κ3) is 5.63. The van der Waals surface area contributed by atoms with E-state index in [4.69, 9.17) is 9.15 Å². The number of amides is 2. The van der Waals surface area contributed by atoms with Crippen LogP contribution in [0.5, 0.6) is 5.75 Å². The van der Waals surface area contributed by atoms with Gasteiger partial charge in [-0.3, -0.25) is 9.59 Å². The monoisotopic (exact) mass is 418 g/mol. The first kappa shape index (κ1) is 21.9. The van der Waals surface area contributed by atoms with Crippen molar-refractivity contribution in [3.63, 3.8) is 0 Å². The van der Waals surface area contributed by atoms with Gasteiger partial charge in [0.25, 0.3) is 5.91 Å². The number of furan rings is 1. The number of fused-ring (bicyclic) bond motifs is 1. The molecule has 0 spiro atoms. The van der Waals surface area contributed by atoms with Crippen LogP contribution in [-0.2, 0) is 11.4 Å². The Hall–Kier alpha value is -3.80. The van der Waals surface area contributed by atoms with Gasteiger partial charge in [-0.05, 0) is 42.0 Å². The lowest BCUT2D eigenvalue weighted by Crippen LogP contribution is -2.47. The zero-order valence-electron chi connectivity index (χ0n) is 17.5. The van der Waals surface area contributed by atoms with Crippen LogP contribution in [-0.4, -0.2) is 35.8 Å². The molecule has 0 fully saturated rings. The summed E-state index contributed by atoms with van der Waals surface area (Å²) in [6.45, 7) is 9.87. The van der Waals surface area contributed by atoms with Crippen molar-refractivity contribution in [1.29, 1.82) is 0 Å². The number of rotatable bonds is 10. The standard InChI is InChI=1S/C25H26N2O4/c1-4-14-27(15-5-2)25(29)18(3)26-24(28)23-13-12-22(31-23)17-30-21-11-10-19-8-6-7-9-20(19)16-21/h4-13,16,18H,1-2,14-15,17H2,3H3,(H,26,28). The molecule has 0 aliphatic heterocycles. The fourth-order valence-corrected chi connectivity index (χ4v) is 3.16. The molecule has 1 N–H and O–H groups in total. The van der Waals surface area contributed by atoms with Gasteiger partial charge in [0.1, 0.15) is 24.2 Å². The van der Waals surface area contributed by atoms with E-state index >= 15 is 0 Å². The lowest BCUT2D eigenvalue weighted by atomic mass is 10.1. The van der Waals surface area contributed by atoms with E-state index in [-0.39, 0.29) is 18.3 Å². The highest BCUT2D eigenvalue weighted by Crippen LogP contribution is 2.21. The Morgan fingerprint density at radius 3 is 2.48 bits per heavy atom. The van der Waals surface area contributed by atoms with Crippen LogP contribution in [0.25, 0.3) is 10.8 Å². The van der Waals surface area contributed by atoms with Crippen molar-refractivity contribution in [2.24, 2.45) is 0 Å². The number of nitrogens with one attached hydrogen (secondary N) is 1. The van der Waals surface area contributed by atoms with Gasteiger partial charge in [0.05, 0.1) is 0 Å². The molecule has 1 atom stereocenters. The van der Waals surface area contributed by atoms with E-state index in [1.165, 1.54) is 0 Å². The molecule has 31 heavy (non-hydrogen) atoms. The maximum atomic E-state index is 12.5. The van der Waals surface area contributed by atoms with E-state index in [0.29, 0.717) is 24.6 Å². The largest absolute Gasteiger partial charge is 0.486 e. The quantitative estimate of drug-likeness (QED) is 0.498. The number of hydrogen-bond acceptors (Lipinski definition) is 4. The van der Waals surface area contributed by atoms with Crippen LogP contribution in [0, 0.1) is 0 Å². The van der Waals surface area contributed by atoms with Gasteiger partial charge in [0, 0.05) is 13.1 Å². The van der Waals surface area contributed by atoms with Crippen LogP contribution in [0.3, 0.4) is 0 Å². The highest BCUT2D eigenvalue weighted by atomic mass is 16.5. The fourth-order valence-electron chi connectivity index (χ4n) is 3.16. The number of ether oxygens (including phenoxy) is 1. The molecule has 6 heteroatoms. The first-order valence-corrected chi connectivity index (χ1v) is 10.0. The zero-order chi connectivity index (χ0) is 22.2. The minimum absolute atomic E-state index is 0.121. The molecule has 0 aliphatic carbocycles. The molecule has 1 aromatic heterocycles. The molecule has 2 amide bonds. The van der Waals surface area contributed by atoms with Crippen LogP contribution < -0.4 is 10.1 Å². The number of carbonyl (C=O) groups excluding carboxylic acids is 2. The van der Waals surface area contributed by atoms with Crippen molar-refractivity contribution in [1.82, 2.24) is 10.2 Å². The molecule has 1 unspecified atom stereocenters. The summed E-state index contributed by atoms with van der Waals surface area (Å²) >= 11 is 0. The van der Waals surface area contributed by atoms with Gasteiger partial charge in [-0.2, -0.15) is 0 Å². The highest BCUT2D eigenvalue weighted by molar-refractivity contribution is 5.95. The average molecular weight is 418 g/mol. The molecule has 3 rings (SSSR count). The Kier molecular flexibility index (Phi) is 7.27. The summed E-state index contributed by atoms with van der Waals surface area (Å²) in [5, 5.41) is 4.89. The molecule has 0 saturated heterocycles. The van der Waals surface area contributed by atoms with E-state index < -0.39 is 11.9 Å². The van der Waals surface area contributed by atoms with Crippen LogP contribution in [0.4, 0.5) is 0 Å². The van der Waals surface area contributed by atoms with Gasteiger partial charge >= 0.3 is 0 Å². The average Bonchev–Trinajstić information content (AvgIpc) is 3.26. The summed E-state index contributed by atoms with van der Waals surface area (Å²) in [7, 11) is 0. The second-order valence-corrected chi connectivity index (χ2v) is 7.08. The summed E-state index contributed by atoms with van der Waals surface area (Å²) in [6.07, 6.45) is 3.26. The van der Waals surface area contributed by atoms with Crippen molar-refractivity contribution >= 4 is 22.6 Å². The number of benzene rings is 2. The van der Waals surface area contributed by atoms with Crippen molar-refractivity contribution in [2.75, 3.05) is 13.1 Å². The smallest absolute Gasteiger partial charge is 0.287 e. The van der Waals surface area contributed by atoms with Crippen molar-refractivity contribution in [2.45, 2.75) is 19.6 Å². The Balaban J connectivity index is 1.57. The molecule has 1 heterocycles. The zero-order valence-corrected chi connectivity index (χ0v) is 17.5. The lowest BCUT2D eigenvalue weighted by molar-refractivity contribution is -0.131. The van der Waals surface area contributed by atoms with Crippen LogP contribution in [0.1, 0.15) is 23.2 Å². The molecule has 2 aromatic carbocycles. The molecule has 0 saturated carbocycles. The number of nitrogens with zero attached hydrogens (tertiary/aromatic N) is 1. The predicted molar refractivity (Wildman–Crippen MR) is 121 cm³/mol. The van der Waals surface area contributed by atoms with Gasteiger partial charge in [-0.25, -0.2) is 0 Å². The van der Waals surface area contributed by atoms with Gasteiger partial charge in [0.15, 0.2) is 5.76 Å². The maximum absolute atomic E-state index is 12.5. The minimum Gasteiger partial charge on any atom is -0.486 e. The van der Waals surface area contributed by atoms with E-state index in [0.717, 1.165) is 10.8 Å². The summed E-state index contributed by atoms with van der Waals surface area (Å²) in [5.41, 5.74) is 0. The molecule has 0 bridgehead atoms. The van der Waals surface area contributed by atoms with Gasteiger partial charge in [-0.15, -0.1) is 13.2 Å².